The van der Waals surface area contributed by atoms with Gasteiger partial charge >= 0.3 is 0 Å². The van der Waals surface area contributed by atoms with Crippen LogP contribution in [0, 0.1) is 6.92 Å². The van der Waals surface area contributed by atoms with Gasteiger partial charge in [-0.05, 0) is 36.8 Å². The number of carbonyl (C=O) groups excluding carboxylic acids is 1. The maximum atomic E-state index is 12.6. The molecule has 28 heavy (non-hydrogen) atoms. The lowest BCUT2D eigenvalue weighted by Crippen LogP contribution is -2.41. The number of hydrogen-bond acceptors (Lipinski definition) is 5. The Bertz CT molecular complexity index is 910. The van der Waals surface area contributed by atoms with Crippen molar-refractivity contribution in [2.75, 3.05) is 44.1 Å². The number of carbonyl (C=O) groups is 1. The summed E-state index contributed by atoms with van der Waals surface area (Å²) in [5.74, 6) is -0.216. The molecule has 0 radical (unpaired) electrons. The number of morpholine rings is 1. The van der Waals surface area contributed by atoms with Crippen LogP contribution in [-0.4, -0.2) is 58.6 Å². The minimum absolute atomic E-state index is 0.176. The Morgan fingerprint density at radius 2 is 1.79 bits per heavy atom. The summed E-state index contributed by atoms with van der Waals surface area (Å²) in [5, 5.41) is 2.91. The summed E-state index contributed by atoms with van der Waals surface area (Å²) in [6.07, 6.45) is 0. The van der Waals surface area contributed by atoms with Gasteiger partial charge in [0, 0.05) is 31.7 Å². The van der Waals surface area contributed by atoms with Gasteiger partial charge < -0.3 is 10.1 Å². The Morgan fingerprint density at radius 3 is 2.50 bits per heavy atom. The highest BCUT2D eigenvalue weighted by Gasteiger charge is 2.18. The standard InChI is InChI=1S/C20H25N3O4S/c1-16-18(20(24)21-10-11-23-12-14-27-15-13-23)8-5-9-19(16)22-28(25,26)17-6-3-2-4-7-17/h2-9,22H,10-15H2,1H3,(H,21,24). The SMILES string of the molecule is Cc1c(NS(=O)(=O)c2ccccc2)cccc1C(=O)NCCN1CCOCC1. The molecule has 0 unspecified atom stereocenters. The van der Waals surface area contributed by atoms with Gasteiger partial charge in [-0.25, -0.2) is 8.42 Å². The minimum Gasteiger partial charge on any atom is -0.379 e. The zero-order valence-electron chi connectivity index (χ0n) is 15.8. The summed E-state index contributed by atoms with van der Waals surface area (Å²) in [4.78, 5) is 15.0. The second-order valence-corrected chi connectivity index (χ2v) is 8.29. The molecule has 150 valence electrons. The van der Waals surface area contributed by atoms with Crippen LogP contribution < -0.4 is 10.0 Å². The van der Waals surface area contributed by atoms with Crippen molar-refractivity contribution in [2.24, 2.45) is 0 Å². The number of nitrogens with zero attached hydrogens (tertiary/aromatic N) is 1. The Labute approximate surface area is 165 Å². The normalized spacial score (nSPS) is 15.2. The highest BCUT2D eigenvalue weighted by atomic mass is 32.2. The molecular weight excluding hydrogens is 378 g/mol. The smallest absolute Gasteiger partial charge is 0.261 e. The average Bonchev–Trinajstić information content (AvgIpc) is 2.71. The second-order valence-electron chi connectivity index (χ2n) is 6.61. The third-order valence-corrected chi connectivity index (χ3v) is 6.07. The number of sulfonamides is 1. The predicted octanol–water partition coefficient (Wildman–Crippen LogP) is 1.86. The lowest BCUT2D eigenvalue weighted by atomic mass is 10.1. The molecule has 7 nitrogen and oxygen atoms in total. The van der Waals surface area contributed by atoms with Crippen LogP contribution >= 0.6 is 0 Å². The number of benzene rings is 2. The van der Waals surface area contributed by atoms with Crippen LogP contribution in [0.15, 0.2) is 53.4 Å². The molecule has 0 bridgehead atoms. The van der Waals surface area contributed by atoms with Crippen LogP contribution in [0.1, 0.15) is 15.9 Å². The fraction of sp³-hybridized carbons (Fsp3) is 0.350. The fourth-order valence-electron chi connectivity index (χ4n) is 3.04. The summed E-state index contributed by atoms with van der Waals surface area (Å²) in [6.45, 7) is 6.19. The molecule has 0 aliphatic carbocycles. The molecule has 0 spiro atoms. The molecule has 3 rings (SSSR count). The molecule has 1 saturated heterocycles. The maximum absolute atomic E-state index is 12.6. The van der Waals surface area contributed by atoms with Gasteiger partial charge in [0.25, 0.3) is 15.9 Å². The van der Waals surface area contributed by atoms with E-state index in [0.717, 1.165) is 32.8 Å². The molecule has 1 aliphatic heterocycles. The van der Waals surface area contributed by atoms with Gasteiger partial charge in [0.15, 0.2) is 0 Å². The highest BCUT2D eigenvalue weighted by Crippen LogP contribution is 2.22. The van der Waals surface area contributed by atoms with E-state index in [1.54, 1.807) is 43.3 Å². The molecule has 1 aliphatic rings. The van der Waals surface area contributed by atoms with Gasteiger partial charge in [-0.3, -0.25) is 14.4 Å². The molecular formula is C20H25N3O4S. The van der Waals surface area contributed by atoms with Gasteiger partial charge in [-0.1, -0.05) is 24.3 Å². The van der Waals surface area contributed by atoms with E-state index in [0.29, 0.717) is 23.4 Å². The van der Waals surface area contributed by atoms with E-state index in [1.165, 1.54) is 12.1 Å². The first-order chi connectivity index (χ1) is 13.5. The molecule has 1 heterocycles. The summed E-state index contributed by atoms with van der Waals surface area (Å²) < 4.78 is 33.0. The van der Waals surface area contributed by atoms with E-state index in [2.05, 4.69) is 14.9 Å². The minimum atomic E-state index is -3.71. The van der Waals surface area contributed by atoms with Crippen molar-refractivity contribution in [3.05, 3.63) is 59.7 Å². The lowest BCUT2D eigenvalue weighted by molar-refractivity contribution is 0.0383. The van der Waals surface area contributed by atoms with Crippen molar-refractivity contribution in [3.63, 3.8) is 0 Å². The molecule has 2 aromatic rings. The fourth-order valence-corrected chi connectivity index (χ4v) is 4.19. The summed E-state index contributed by atoms with van der Waals surface area (Å²) in [7, 11) is -3.71. The van der Waals surface area contributed by atoms with Gasteiger partial charge in [0.2, 0.25) is 0 Å². The first-order valence-electron chi connectivity index (χ1n) is 9.23. The van der Waals surface area contributed by atoms with Gasteiger partial charge in [-0.2, -0.15) is 0 Å². The van der Waals surface area contributed by atoms with Crippen LogP contribution in [0.5, 0.6) is 0 Å². The van der Waals surface area contributed by atoms with Crippen molar-refractivity contribution in [2.45, 2.75) is 11.8 Å². The third kappa shape index (κ3) is 5.09. The lowest BCUT2D eigenvalue weighted by Gasteiger charge is -2.26. The Hall–Kier alpha value is -2.42. The van der Waals surface area contributed by atoms with E-state index < -0.39 is 10.0 Å². The molecule has 1 amide bonds. The van der Waals surface area contributed by atoms with E-state index in [-0.39, 0.29) is 10.8 Å². The van der Waals surface area contributed by atoms with Crippen LogP contribution in [0.3, 0.4) is 0 Å². The van der Waals surface area contributed by atoms with Crippen LogP contribution in [0.25, 0.3) is 0 Å². The predicted molar refractivity (Wildman–Crippen MR) is 108 cm³/mol. The van der Waals surface area contributed by atoms with E-state index >= 15 is 0 Å². The Balaban J connectivity index is 1.66. The van der Waals surface area contributed by atoms with Crippen LogP contribution in [0.2, 0.25) is 0 Å². The summed E-state index contributed by atoms with van der Waals surface area (Å²) >= 11 is 0. The zero-order valence-corrected chi connectivity index (χ0v) is 16.7. The van der Waals surface area contributed by atoms with Crippen molar-refractivity contribution in [1.29, 1.82) is 0 Å². The van der Waals surface area contributed by atoms with E-state index in [9.17, 15) is 13.2 Å². The Kier molecular flexibility index (Phi) is 6.66. The maximum Gasteiger partial charge on any atom is 0.261 e. The average molecular weight is 404 g/mol. The van der Waals surface area contributed by atoms with Crippen molar-refractivity contribution in [3.8, 4) is 0 Å². The van der Waals surface area contributed by atoms with Gasteiger partial charge in [-0.15, -0.1) is 0 Å². The molecule has 2 N–H and O–H groups in total. The molecule has 1 fully saturated rings. The van der Waals surface area contributed by atoms with Gasteiger partial charge in [0.05, 0.1) is 23.8 Å². The van der Waals surface area contributed by atoms with Crippen molar-refractivity contribution in [1.82, 2.24) is 10.2 Å². The topological polar surface area (TPSA) is 87.7 Å². The van der Waals surface area contributed by atoms with E-state index in [1.807, 2.05) is 0 Å². The molecule has 0 saturated carbocycles. The van der Waals surface area contributed by atoms with Crippen LogP contribution in [0.4, 0.5) is 5.69 Å². The molecule has 8 heteroatoms. The monoisotopic (exact) mass is 403 g/mol. The third-order valence-electron chi connectivity index (χ3n) is 4.69. The van der Waals surface area contributed by atoms with Gasteiger partial charge in [0.1, 0.15) is 0 Å². The zero-order chi connectivity index (χ0) is 20.0. The Morgan fingerprint density at radius 1 is 1.07 bits per heavy atom. The molecule has 0 atom stereocenters. The largest absolute Gasteiger partial charge is 0.379 e. The number of rotatable bonds is 7. The quantitative estimate of drug-likeness (QED) is 0.737. The number of ether oxygens (including phenoxy) is 1. The number of nitrogens with one attached hydrogen (secondary N) is 2. The first-order valence-corrected chi connectivity index (χ1v) is 10.7. The molecule has 0 aromatic heterocycles. The number of amides is 1. The van der Waals surface area contributed by atoms with Crippen molar-refractivity contribution >= 4 is 21.6 Å². The van der Waals surface area contributed by atoms with Crippen LogP contribution in [-0.2, 0) is 14.8 Å². The highest BCUT2D eigenvalue weighted by molar-refractivity contribution is 7.92. The number of hydrogen-bond donors (Lipinski definition) is 2. The number of anilines is 1. The molecule has 2 aromatic carbocycles. The van der Waals surface area contributed by atoms with Crippen molar-refractivity contribution < 1.29 is 17.9 Å². The van der Waals surface area contributed by atoms with E-state index in [4.69, 9.17) is 4.74 Å². The summed E-state index contributed by atoms with van der Waals surface area (Å²) in [5.41, 5.74) is 1.44. The second kappa shape index (κ2) is 9.18. The summed E-state index contributed by atoms with van der Waals surface area (Å²) in [6, 6.07) is 13.2. The first kappa shape index (κ1) is 20.3.